The summed E-state index contributed by atoms with van der Waals surface area (Å²) in [7, 11) is -0.281. The van der Waals surface area contributed by atoms with Crippen molar-refractivity contribution in [2.75, 3.05) is 13.7 Å². The number of nitrogens with two attached hydrogens (primary N) is 1. The van der Waals surface area contributed by atoms with E-state index < -0.39 is 8.32 Å². The van der Waals surface area contributed by atoms with Crippen molar-refractivity contribution >= 4 is 25.5 Å². The summed E-state index contributed by atoms with van der Waals surface area (Å²) in [6.45, 7) is 14.7. The Morgan fingerprint density at radius 2 is 1.52 bits per heavy atom. The van der Waals surface area contributed by atoms with Crippen molar-refractivity contribution in [3.05, 3.63) is 29.8 Å². The Hall–Kier alpha value is -0.953. The number of rotatable bonds is 12. The molecule has 0 fully saturated rings. The Labute approximate surface area is 171 Å². The fourth-order valence-corrected chi connectivity index (χ4v) is 9.72. The highest BCUT2D eigenvalue weighted by Crippen LogP contribution is 2.42. The van der Waals surface area contributed by atoms with Crippen molar-refractivity contribution in [3.8, 4) is 5.75 Å². The van der Waals surface area contributed by atoms with Gasteiger partial charge in [0.15, 0.2) is 8.32 Å². The summed E-state index contributed by atoms with van der Waals surface area (Å²) in [6, 6.07) is 7.89. The van der Waals surface area contributed by atoms with Crippen LogP contribution in [0.25, 0.3) is 0 Å². The van der Waals surface area contributed by atoms with Gasteiger partial charge in [0.25, 0.3) is 0 Å². The maximum absolute atomic E-state index is 6.68. The van der Waals surface area contributed by atoms with Gasteiger partial charge in [-0.2, -0.15) is 0 Å². The molecule has 1 atom stereocenters. The molecule has 0 radical (unpaired) electrons. The number of hydrogen-bond donors (Lipinski definition) is 1. The maximum Gasteiger partial charge on any atom is 0.200 e. The van der Waals surface area contributed by atoms with Crippen molar-refractivity contribution in [2.24, 2.45) is 5.73 Å². The minimum Gasteiger partial charge on any atom is -0.497 e. The second-order valence-corrected chi connectivity index (χ2v) is 14.1. The van der Waals surface area contributed by atoms with Crippen LogP contribution in [0.1, 0.15) is 53.5 Å². The van der Waals surface area contributed by atoms with Gasteiger partial charge in [-0.1, -0.05) is 65.9 Å². The lowest BCUT2D eigenvalue weighted by atomic mass is 10.2. The Bertz CT molecular complexity index is 554. The van der Waals surface area contributed by atoms with E-state index in [9.17, 15) is 0 Å². The standard InChI is InChI=1S/C21H37NO3SSi/c1-15(2)27(16(3)4,17(5)6)25-14-20(12-21(22)26)24-13-18-8-10-19(23-7)11-9-18/h8-11,15-17,20H,12-14H2,1-7H3,(H2,22,26)/t20-/m0/s1. The van der Waals surface area contributed by atoms with Crippen molar-refractivity contribution in [1.82, 2.24) is 0 Å². The minimum absolute atomic E-state index is 0.132. The molecule has 6 heteroatoms. The molecule has 1 rings (SSSR count). The van der Waals surface area contributed by atoms with Crippen molar-refractivity contribution in [1.29, 1.82) is 0 Å². The lowest BCUT2D eigenvalue weighted by Gasteiger charge is -2.43. The van der Waals surface area contributed by atoms with Crippen LogP contribution < -0.4 is 10.5 Å². The lowest BCUT2D eigenvalue weighted by molar-refractivity contribution is 0.00981. The maximum atomic E-state index is 6.68. The first-order valence-corrected chi connectivity index (χ1v) is 12.3. The fraction of sp³-hybridized carbons (Fsp3) is 0.667. The molecule has 0 saturated carbocycles. The molecule has 0 heterocycles. The van der Waals surface area contributed by atoms with Crippen LogP contribution >= 0.6 is 12.2 Å². The molecule has 27 heavy (non-hydrogen) atoms. The van der Waals surface area contributed by atoms with Crippen LogP contribution in [0, 0.1) is 0 Å². The van der Waals surface area contributed by atoms with Crippen molar-refractivity contribution < 1.29 is 13.9 Å². The first kappa shape index (κ1) is 24.1. The first-order chi connectivity index (χ1) is 12.6. The van der Waals surface area contributed by atoms with Gasteiger partial charge in [0.1, 0.15) is 5.75 Å². The predicted molar refractivity (Wildman–Crippen MR) is 120 cm³/mol. The number of ether oxygens (including phenoxy) is 2. The van der Waals surface area contributed by atoms with Gasteiger partial charge in [0.05, 0.1) is 31.4 Å². The second-order valence-electron chi connectivity index (χ2n) is 8.08. The number of hydrogen-bond acceptors (Lipinski definition) is 4. The van der Waals surface area contributed by atoms with Gasteiger partial charge in [-0.25, -0.2) is 0 Å². The zero-order chi connectivity index (χ0) is 20.6. The molecular weight excluding hydrogens is 374 g/mol. The van der Waals surface area contributed by atoms with Crippen LogP contribution in [0.5, 0.6) is 5.75 Å². The van der Waals surface area contributed by atoms with Crippen molar-refractivity contribution in [2.45, 2.75) is 77.3 Å². The second kappa shape index (κ2) is 11.1. The number of benzene rings is 1. The van der Waals surface area contributed by atoms with Crippen LogP contribution in [0.2, 0.25) is 16.6 Å². The molecule has 2 N–H and O–H groups in total. The van der Waals surface area contributed by atoms with Gasteiger partial charge < -0.3 is 19.6 Å². The first-order valence-electron chi connectivity index (χ1n) is 9.80. The highest BCUT2D eigenvalue weighted by Gasteiger charge is 2.45. The topological polar surface area (TPSA) is 53.7 Å². The van der Waals surface area contributed by atoms with E-state index in [1.165, 1.54) is 0 Å². The number of thiocarbonyl (C=S) groups is 1. The third kappa shape index (κ3) is 6.86. The third-order valence-electron chi connectivity index (χ3n) is 5.30. The third-order valence-corrected chi connectivity index (χ3v) is 11.5. The van der Waals surface area contributed by atoms with E-state index in [1.807, 2.05) is 24.3 Å². The monoisotopic (exact) mass is 411 g/mol. The predicted octanol–water partition coefficient (Wildman–Crippen LogP) is 5.45. The van der Waals surface area contributed by atoms with E-state index in [2.05, 4.69) is 41.5 Å². The van der Waals surface area contributed by atoms with Crippen LogP contribution in [0.3, 0.4) is 0 Å². The zero-order valence-corrected chi connectivity index (χ0v) is 19.8. The Balaban J connectivity index is 2.81. The molecule has 0 saturated heterocycles. The highest BCUT2D eigenvalue weighted by atomic mass is 32.1. The van der Waals surface area contributed by atoms with Crippen LogP contribution in [0.4, 0.5) is 0 Å². The summed E-state index contributed by atoms with van der Waals surface area (Å²) in [6.07, 6.45) is 0.400. The fourth-order valence-electron chi connectivity index (χ4n) is 4.06. The zero-order valence-electron chi connectivity index (χ0n) is 18.0. The quantitative estimate of drug-likeness (QED) is 0.366. The lowest BCUT2D eigenvalue weighted by Crippen LogP contribution is -2.49. The summed E-state index contributed by atoms with van der Waals surface area (Å²) >= 11 is 5.13. The SMILES string of the molecule is COc1ccc(CO[C@H](CO[Si](C(C)C)(C(C)C)C(C)C)CC(N)=S)cc1. The van der Waals surface area contributed by atoms with Gasteiger partial charge in [-0.05, 0) is 34.3 Å². The van der Waals surface area contributed by atoms with E-state index >= 15 is 0 Å². The Morgan fingerprint density at radius 3 is 1.93 bits per heavy atom. The molecule has 4 nitrogen and oxygen atoms in total. The molecule has 0 unspecified atom stereocenters. The minimum atomic E-state index is -1.94. The summed E-state index contributed by atoms with van der Waals surface area (Å²) in [5, 5.41) is 0. The Morgan fingerprint density at radius 1 is 1.00 bits per heavy atom. The smallest absolute Gasteiger partial charge is 0.200 e. The molecule has 0 aromatic heterocycles. The molecule has 0 aliphatic carbocycles. The van der Waals surface area contributed by atoms with E-state index in [0.29, 0.717) is 41.2 Å². The van der Waals surface area contributed by atoms with Crippen LogP contribution in [-0.4, -0.2) is 33.1 Å². The van der Waals surface area contributed by atoms with Gasteiger partial charge in [-0.3, -0.25) is 0 Å². The molecule has 1 aromatic carbocycles. The molecular formula is C21H37NO3SSi. The molecule has 154 valence electrons. The van der Waals surface area contributed by atoms with Gasteiger partial charge in [0.2, 0.25) is 0 Å². The largest absolute Gasteiger partial charge is 0.497 e. The molecule has 0 amide bonds. The molecule has 1 aromatic rings. The van der Waals surface area contributed by atoms with Crippen molar-refractivity contribution in [3.63, 3.8) is 0 Å². The average Bonchev–Trinajstić information content (AvgIpc) is 2.59. The van der Waals surface area contributed by atoms with Crippen LogP contribution in [-0.2, 0) is 15.8 Å². The van der Waals surface area contributed by atoms with Gasteiger partial charge >= 0.3 is 0 Å². The van der Waals surface area contributed by atoms with E-state index in [0.717, 1.165) is 11.3 Å². The van der Waals surface area contributed by atoms with E-state index in [-0.39, 0.29) is 6.10 Å². The van der Waals surface area contributed by atoms with Crippen LogP contribution in [0.15, 0.2) is 24.3 Å². The summed E-state index contributed by atoms with van der Waals surface area (Å²) in [5.41, 5.74) is 8.49. The molecule has 0 aliphatic heterocycles. The van der Waals surface area contributed by atoms with E-state index in [4.69, 9.17) is 31.9 Å². The highest BCUT2D eigenvalue weighted by molar-refractivity contribution is 7.80. The van der Waals surface area contributed by atoms with E-state index in [1.54, 1.807) is 7.11 Å². The summed E-state index contributed by atoms with van der Waals surface area (Å²) in [4.78, 5) is 0.462. The van der Waals surface area contributed by atoms with Gasteiger partial charge in [0, 0.05) is 6.42 Å². The normalized spacial score (nSPS) is 13.4. The molecule has 0 bridgehead atoms. The summed E-state index contributed by atoms with van der Waals surface area (Å²) in [5.74, 6) is 0.836. The Kier molecular flexibility index (Phi) is 9.94. The summed E-state index contributed by atoms with van der Waals surface area (Å²) < 4.78 is 18.0. The number of methoxy groups -OCH3 is 1. The van der Waals surface area contributed by atoms with Gasteiger partial charge in [-0.15, -0.1) is 0 Å². The molecule has 0 spiro atoms. The molecule has 0 aliphatic rings. The average molecular weight is 412 g/mol.